The average Bonchev–Trinajstić information content (AvgIpc) is 2.72. The van der Waals surface area contributed by atoms with Crippen molar-refractivity contribution in [2.45, 2.75) is 58.8 Å². The highest BCUT2D eigenvalue weighted by Crippen LogP contribution is 2.36. The lowest BCUT2D eigenvalue weighted by Gasteiger charge is -2.37. The zero-order valence-electron chi connectivity index (χ0n) is 17.6. The van der Waals surface area contributed by atoms with Gasteiger partial charge < -0.3 is 14.2 Å². The molecule has 2 aliphatic rings. The summed E-state index contributed by atoms with van der Waals surface area (Å²) in [5.74, 6) is 0.690. The Morgan fingerprint density at radius 3 is 2.60 bits per heavy atom. The molecule has 0 radical (unpaired) electrons. The standard InChI is InChI=1S/C25H27ClO4/c1-15-5-4-6-18(9-15)13-28-19-7-8-21-22(12-19)29-14-23(25(21)27)30-20-10-16(2)24(26)17(3)11-20/h4-6,9-11,14,19,21-22H,7-8,12-13H2,1-3H3. The summed E-state index contributed by atoms with van der Waals surface area (Å²) >= 11 is 6.22. The van der Waals surface area contributed by atoms with E-state index in [1.807, 2.05) is 32.0 Å². The fraction of sp³-hybridized carbons (Fsp3) is 0.400. The van der Waals surface area contributed by atoms with Gasteiger partial charge in [0.15, 0.2) is 0 Å². The van der Waals surface area contributed by atoms with E-state index in [0.29, 0.717) is 23.8 Å². The number of allylic oxidation sites excluding steroid dienone is 1. The summed E-state index contributed by atoms with van der Waals surface area (Å²) in [4.78, 5) is 13.0. The smallest absolute Gasteiger partial charge is 0.207 e. The predicted octanol–water partition coefficient (Wildman–Crippen LogP) is 5.84. The number of hydrogen-bond donors (Lipinski definition) is 0. The zero-order valence-corrected chi connectivity index (χ0v) is 18.4. The Kier molecular flexibility index (Phi) is 6.16. The van der Waals surface area contributed by atoms with Gasteiger partial charge in [-0.2, -0.15) is 0 Å². The first kappa shape index (κ1) is 21.0. The van der Waals surface area contributed by atoms with Crippen molar-refractivity contribution in [3.05, 3.63) is 75.7 Å². The third-order valence-electron chi connectivity index (χ3n) is 5.88. The molecule has 0 saturated heterocycles. The number of halogens is 1. The number of hydrogen-bond acceptors (Lipinski definition) is 4. The van der Waals surface area contributed by atoms with Crippen LogP contribution in [0.3, 0.4) is 0 Å². The molecule has 4 nitrogen and oxygen atoms in total. The Bertz CT molecular complexity index is 958. The Morgan fingerprint density at radius 1 is 1.10 bits per heavy atom. The molecule has 1 heterocycles. The molecule has 158 valence electrons. The van der Waals surface area contributed by atoms with Crippen molar-refractivity contribution in [1.82, 2.24) is 0 Å². The van der Waals surface area contributed by atoms with Crippen LogP contribution in [0.2, 0.25) is 5.02 Å². The Morgan fingerprint density at radius 2 is 1.87 bits per heavy atom. The van der Waals surface area contributed by atoms with Gasteiger partial charge in [-0.1, -0.05) is 41.4 Å². The van der Waals surface area contributed by atoms with Gasteiger partial charge in [0.2, 0.25) is 11.5 Å². The van der Waals surface area contributed by atoms with Crippen molar-refractivity contribution < 1.29 is 19.0 Å². The van der Waals surface area contributed by atoms with E-state index >= 15 is 0 Å². The minimum Gasteiger partial charge on any atom is -0.493 e. The second-order valence-corrected chi connectivity index (χ2v) is 8.71. The van der Waals surface area contributed by atoms with Crippen LogP contribution in [0.25, 0.3) is 0 Å². The van der Waals surface area contributed by atoms with Gasteiger partial charge in [-0.3, -0.25) is 4.79 Å². The summed E-state index contributed by atoms with van der Waals surface area (Å²) in [6.45, 7) is 6.50. The number of benzene rings is 2. The van der Waals surface area contributed by atoms with Gasteiger partial charge in [-0.15, -0.1) is 0 Å². The first-order valence-electron chi connectivity index (χ1n) is 10.4. The Labute approximate surface area is 182 Å². The number of Topliss-reactive ketones (excluding diaryl/α,β-unsaturated/α-hetero) is 1. The quantitative estimate of drug-likeness (QED) is 0.602. The molecular formula is C25H27ClO4. The lowest BCUT2D eigenvalue weighted by atomic mass is 9.80. The number of ketones is 1. The molecule has 3 unspecified atom stereocenters. The molecule has 2 aromatic rings. The fourth-order valence-corrected chi connectivity index (χ4v) is 4.38. The highest BCUT2D eigenvalue weighted by molar-refractivity contribution is 6.32. The van der Waals surface area contributed by atoms with Gasteiger partial charge in [0.1, 0.15) is 18.1 Å². The maximum Gasteiger partial charge on any atom is 0.207 e. The van der Waals surface area contributed by atoms with E-state index in [2.05, 4.69) is 25.1 Å². The van der Waals surface area contributed by atoms with E-state index in [1.165, 1.54) is 17.4 Å². The highest BCUT2D eigenvalue weighted by Gasteiger charge is 2.41. The van der Waals surface area contributed by atoms with Crippen LogP contribution in [-0.2, 0) is 20.9 Å². The Hall–Kier alpha value is -2.30. The van der Waals surface area contributed by atoms with E-state index in [9.17, 15) is 4.79 Å². The average molecular weight is 427 g/mol. The van der Waals surface area contributed by atoms with E-state index < -0.39 is 0 Å². The van der Waals surface area contributed by atoms with Crippen molar-refractivity contribution >= 4 is 17.4 Å². The lowest BCUT2D eigenvalue weighted by Crippen LogP contribution is -2.42. The molecule has 0 aromatic heterocycles. The summed E-state index contributed by atoms with van der Waals surface area (Å²) in [6.07, 6.45) is 3.69. The molecule has 5 heteroatoms. The summed E-state index contributed by atoms with van der Waals surface area (Å²) in [5, 5.41) is 0.714. The predicted molar refractivity (Wildman–Crippen MR) is 117 cm³/mol. The van der Waals surface area contributed by atoms with Crippen LogP contribution in [-0.4, -0.2) is 18.0 Å². The second kappa shape index (κ2) is 8.83. The third kappa shape index (κ3) is 4.55. The summed E-state index contributed by atoms with van der Waals surface area (Å²) in [5.41, 5.74) is 4.23. The lowest BCUT2D eigenvalue weighted by molar-refractivity contribution is -0.134. The molecule has 1 fully saturated rings. The topological polar surface area (TPSA) is 44.8 Å². The van der Waals surface area contributed by atoms with Gasteiger partial charge in [-0.25, -0.2) is 0 Å². The summed E-state index contributed by atoms with van der Waals surface area (Å²) in [7, 11) is 0. The molecule has 2 aromatic carbocycles. The number of ether oxygens (including phenoxy) is 3. The maximum absolute atomic E-state index is 13.0. The van der Waals surface area contributed by atoms with E-state index in [4.69, 9.17) is 25.8 Å². The molecule has 3 atom stereocenters. The number of aryl methyl sites for hydroxylation is 3. The van der Waals surface area contributed by atoms with E-state index in [1.54, 1.807) is 0 Å². The SMILES string of the molecule is Cc1cccc(COC2CCC3C(=O)C(Oc4cc(C)c(Cl)c(C)c4)=COC3C2)c1. The molecule has 1 saturated carbocycles. The van der Waals surface area contributed by atoms with Crippen LogP contribution in [0.5, 0.6) is 5.75 Å². The van der Waals surface area contributed by atoms with Gasteiger partial charge in [0.25, 0.3) is 0 Å². The number of carbonyl (C=O) groups excluding carboxylic acids is 1. The maximum atomic E-state index is 13.0. The van der Waals surface area contributed by atoms with Crippen molar-refractivity contribution in [2.24, 2.45) is 5.92 Å². The number of fused-ring (bicyclic) bond motifs is 1. The van der Waals surface area contributed by atoms with Crippen LogP contribution >= 0.6 is 11.6 Å². The van der Waals surface area contributed by atoms with Crippen molar-refractivity contribution in [2.75, 3.05) is 0 Å². The minimum atomic E-state index is -0.182. The highest BCUT2D eigenvalue weighted by atomic mass is 35.5. The molecule has 1 aliphatic carbocycles. The number of carbonyl (C=O) groups is 1. The van der Waals surface area contributed by atoms with Gasteiger partial charge in [-0.05, 0) is 62.4 Å². The minimum absolute atomic E-state index is 0.00800. The summed E-state index contributed by atoms with van der Waals surface area (Å²) < 4.78 is 17.9. The molecule has 0 bridgehead atoms. The Balaban J connectivity index is 1.38. The van der Waals surface area contributed by atoms with Crippen LogP contribution in [0, 0.1) is 26.7 Å². The molecular weight excluding hydrogens is 400 g/mol. The van der Waals surface area contributed by atoms with Crippen LogP contribution < -0.4 is 4.74 Å². The first-order chi connectivity index (χ1) is 14.4. The van der Waals surface area contributed by atoms with Crippen LogP contribution in [0.1, 0.15) is 41.5 Å². The largest absolute Gasteiger partial charge is 0.493 e. The van der Waals surface area contributed by atoms with Crippen LogP contribution in [0.4, 0.5) is 0 Å². The van der Waals surface area contributed by atoms with Crippen molar-refractivity contribution in [3.8, 4) is 5.75 Å². The summed E-state index contributed by atoms with van der Waals surface area (Å²) in [6, 6.07) is 12.0. The fourth-order valence-electron chi connectivity index (χ4n) is 4.27. The normalized spacial score (nSPS) is 23.4. The molecule has 30 heavy (non-hydrogen) atoms. The molecule has 4 rings (SSSR count). The van der Waals surface area contributed by atoms with E-state index in [-0.39, 0.29) is 29.7 Å². The number of rotatable bonds is 5. The van der Waals surface area contributed by atoms with Crippen molar-refractivity contribution in [3.63, 3.8) is 0 Å². The molecule has 0 spiro atoms. The molecule has 1 aliphatic heterocycles. The van der Waals surface area contributed by atoms with E-state index in [0.717, 1.165) is 24.0 Å². The first-order valence-corrected chi connectivity index (χ1v) is 10.8. The van der Waals surface area contributed by atoms with Gasteiger partial charge in [0, 0.05) is 11.4 Å². The van der Waals surface area contributed by atoms with Gasteiger partial charge >= 0.3 is 0 Å². The second-order valence-electron chi connectivity index (χ2n) is 8.34. The zero-order chi connectivity index (χ0) is 21.3. The molecule has 0 amide bonds. The van der Waals surface area contributed by atoms with Crippen molar-refractivity contribution in [1.29, 1.82) is 0 Å². The molecule has 0 N–H and O–H groups in total. The van der Waals surface area contributed by atoms with Gasteiger partial charge in [0.05, 0.1) is 18.6 Å². The monoisotopic (exact) mass is 426 g/mol. The third-order valence-corrected chi connectivity index (χ3v) is 6.48. The van der Waals surface area contributed by atoms with Crippen LogP contribution in [0.15, 0.2) is 48.4 Å².